The second-order valence-corrected chi connectivity index (χ2v) is 8.88. The quantitative estimate of drug-likeness (QED) is 0.271. The van der Waals surface area contributed by atoms with Crippen LogP contribution in [0.15, 0.2) is 0 Å². The Morgan fingerprint density at radius 2 is 1.65 bits per heavy atom. The summed E-state index contributed by atoms with van der Waals surface area (Å²) in [6, 6.07) is 0. The number of hydrogen-bond donors (Lipinski definition) is 4. The zero-order valence-corrected chi connectivity index (χ0v) is 20.3. The minimum absolute atomic E-state index is 0. The summed E-state index contributed by atoms with van der Waals surface area (Å²) in [6.07, 6.45) is -0.944. The molecule has 0 spiro atoms. The van der Waals surface area contributed by atoms with Gasteiger partial charge >= 0.3 is 29.6 Å². The van der Waals surface area contributed by atoms with Crippen LogP contribution in [0.3, 0.4) is 0 Å². The molecule has 9 nitrogen and oxygen atoms in total. The van der Waals surface area contributed by atoms with Crippen LogP contribution >= 0.6 is 0 Å². The van der Waals surface area contributed by atoms with Crippen molar-refractivity contribution in [1.29, 1.82) is 0 Å². The molecule has 4 N–H and O–H groups in total. The summed E-state index contributed by atoms with van der Waals surface area (Å²) in [6.45, 7) is -0.556. The maximum absolute atomic E-state index is 11.7. The summed E-state index contributed by atoms with van der Waals surface area (Å²) in [5, 5.41) is 52.7. The molecule has 1 aliphatic heterocycles. The molecular weight excluding hydrogens is 419 g/mol. The first-order chi connectivity index (χ1) is 14.4. The molecule has 0 aromatic carbocycles. The Morgan fingerprint density at radius 3 is 2.26 bits per heavy atom. The first-order valence-corrected chi connectivity index (χ1v) is 11.2. The zero-order valence-electron chi connectivity index (χ0n) is 18.3. The van der Waals surface area contributed by atoms with E-state index in [0.29, 0.717) is 12.8 Å². The average Bonchev–Trinajstić information content (AvgIpc) is 2.74. The van der Waals surface area contributed by atoms with Gasteiger partial charge in [0.15, 0.2) is 6.29 Å². The van der Waals surface area contributed by atoms with E-state index in [1.165, 1.54) is 0 Å². The molecule has 2 saturated carbocycles. The van der Waals surface area contributed by atoms with Gasteiger partial charge in [-0.1, -0.05) is 44.9 Å². The van der Waals surface area contributed by atoms with E-state index in [2.05, 4.69) is 0 Å². The van der Waals surface area contributed by atoms with E-state index >= 15 is 0 Å². The fourth-order valence-corrected chi connectivity index (χ4v) is 4.86. The van der Waals surface area contributed by atoms with E-state index in [0.717, 1.165) is 44.9 Å². The Hall–Kier alpha value is 0.190. The molecule has 31 heavy (non-hydrogen) atoms. The number of carboxylic acid groups (broad SMARTS) is 1. The van der Waals surface area contributed by atoms with Crippen molar-refractivity contribution in [3.63, 3.8) is 0 Å². The van der Waals surface area contributed by atoms with Gasteiger partial charge < -0.3 is 44.5 Å². The number of aliphatic hydroxyl groups excluding tert-OH is 4. The Balaban J connectivity index is 0.00000341. The monoisotopic (exact) mass is 454 g/mol. The van der Waals surface area contributed by atoms with Gasteiger partial charge in [-0.15, -0.1) is 0 Å². The van der Waals surface area contributed by atoms with Gasteiger partial charge in [0.1, 0.15) is 24.4 Å². The molecule has 3 rings (SSSR count). The number of aliphatic carboxylic acids is 1. The number of aliphatic hydroxyl groups is 4. The van der Waals surface area contributed by atoms with Gasteiger partial charge in [-0.2, -0.15) is 0 Å². The first-order valence-electron chi connectivity index (χ1n) is 11.2. The molecule has 8 atom stereocenters. The Morgan fingerprint density at radius 1 is 1.00 bits per heavy atom. The summed E-state index contributed by atoms with van der Waals surface area (Å²) in [5.41, 5.74) is 0. The maximum Gasteiger partial charge on any atom is 1.00 e. The molecule has 3 aliphatic rings. The van der Waals surface area contributed by atoms with E-state index in [1.807, 2.05) is 0 Å². The Bertz CT molecular complexity index is 545. The van der Waals surface area contributed by atoms with Crippen LogP contribution in [0.2, 0.25) is 0 Å². The summed E-state index contributed by atoms with van der Waals surface area (Å²) in [4.78, 5) is 11.7. The number of hydrogen-bond acceptors (Lipinski definition) is 9. The number of carboxylic acids is 1. The van der Waals surface area contributed by atoms with Gasteiger partial charge in [0.2, 0.25) is 0 Å². The molecule has 174 valence electrons. The fourth-order valence-electron chi connectivity index (χ4n) is 4.86. The molecule has 1 heterocycles. The SMILES string of the molecule is O=C([O-])C(CC1CCCCC1)O[C@@H]1[C@@H](O)[C@@H](O[C@@H]2CCCC[C@@H]2O)O[C@@H](CO)[C@H]1O.[Na+]. The van der Waals surface area contributed by atoms with Crippen molar-refractivity contribution >= 4 is 5.97 Å². The molecule has 3 fully saturated rings. The molecule has 0 aromatic rings. The summed E-state index contributed by atoms with van der Waals surface area (Å²) in [7, 11) is 0. The molecule has 0 radical (unpaired) electrons. The smallest absolute Gasteiger partial charge is 0.547 e. The second-order valence-electron chi connectivity index (χ2n) is 8.88. The van der Waals surface area contributed by atoms with Crippen molar-refractivity contribution in [1.82, 2.24) is 0 Å². The minimum Gasteiger partial charge on any atom is -0.547 e. The van der Waals surface area contributed by atoms with Crippen LogP contribution in [0.1, 0.15) is 64.2 Å². The van der Waals surface area contributed by atoms with Gasteiger partial charge in [0.05, 0.1) is 30.9 Å². The van der Waals surface area contributed by atoms with Crippen LogP contribution < -0.4 is 34.7 Å². The molecule has 10 heteroatoms. The summed E-state index contributed by atoms with van der Waals surface area (Å²) in [5.74, 6) is -1.21. The second kappa shape index (κ2) is 13.2. The van der Waals surface area contributed by atoms with Gasteiger partial charge in [-0.05, 0) is 25.2 Å². The molecule has 0 amide bonds. The predicted octanol–water partition coefficient (Wildman–Crippen LogP) is -3.78. The standard InChI is InChI=1S/C21H36O9.Na/c22-11-16-17(24)19(28-15(20(26)27)10-12-6-2-1-3-7-12)18(25)21(30-16)29-14-9-5-4-8-13(14)23;/h12-19,21-25H,1-11H2,(H,26,27);/q;+1/p-1/t13-,14+,15?,16-,17+,18+,19-,21-;/m0./s1. The van der Waals surface area contributed by atoms with Crippen molar-refractivity contribution in [2.75, 3.05) is 6.61 Å². The van der Waals surface area contributed by atoms with Crippen molar-refractivity contribution < 1.29 is 74.1 Å². The predicted molar refractivity (Wildman–Crippen MR) is 102 cm³/mol. The van der Waals surface area contributed by atoms with Gasteiger partial charge in [0.25, 0.3) is 0 Å². The average molecular weight is 454 g/mol. The van der Waals surface area contributed by atoms with Crippen LogP contribution in [-0.2, 0) is 19.0 Å². The number of carbonyl (C=O) groups excluding carboxylic acids is 1. The van der Waals surface area contributed by atoms with Crippen LogP contribution in [0, 0.1) is 5.92 Å². The third-order valence-electron chi connectivity index (χ3n) is 6.65. The first kappa shape index (κ1) is 27.4. The van der Waals surface area contributed by atoms with Crippen LogP contribution in [0.25, 0.3) is 0 Å². The normalized spacial score (nSPS) is 38.3. The Kier molecular flexibility index (Phi) is 11.7. The van der Waals surface area contributed by atoms with E-state index in [4.69, 9.17) is 14.2 Å². The third-order valence-corrected chi connectivity index (χ3v) is 6.65. The van der Waals surface area contributed by atoms with Crippen LogP contribution in [0.5, 0.6) is 0 Å². The van der Waals surface area contributed by atoms with Crippen LogP contribution in [-0.4, -0.2) is 82.0 Å². The maximum atomic E-state index is 11.7. The molecule has 1 unspecified atom stereocenters. The molecule has 2 aliphatic carbocycles. The van der Waals surface area contributed by atoms with Crippen molar-refractivity contribution in [3.8, 4) is 0 Å². The summed E-state index contributed by atoms with van der Waals surface area (Å²) < 4.78 is 16.9. The number of rotatable bonds is 8. The fraction of sp³-hybridized carbons (Fsp3) is 0.952. The van der Waals surface area contributed by atoms with Gasteiger partial charge in [-0.3, -0.25) is 0 Å². The van der Waals surface area contributed by atoms with Gasteiger partial charge in [-0.25, -0.2) is 0 Å². The topological polar surface area (TPSA) is 149 Å². The molecule has 0 bridgehead atoms. The van der Waals surface area contributed by atoms with Crippen LogP contribution in [0.4, 0.5) is 0 Å². The van der Waals surface area contributed by atoms with E-state index < -0.39 is 61.6 Å². The van der Waals surface area contributed by atoms with E-state index in [9.17, 15) is 30.3 Å². The van der Waals surface area contributed by atoms with E-state index in [-0.39, 0.29) is 41.9 Å². The van der Waals surface area contributed by atoms with Crippen molar-refractivity contribution in [2.45, 2.75) is 113 Å². The van der Waals surface area contributed by atoms with Crippen molar-refractivity contribution in [2.24, 2.45) is 5.92 Å². The minimum atomic E-state index is -1.48. The molecular formula is C21H35NaO9. The number of carbonyl (C=O) groups is 1. The Labute approximate surface area is 205 Å². The largest absolute Gasteiger partial charge is 1.00 e. The molecule has 0 aromatic heterocycles. The third kappa shape index (κ3) is 7.34. The zero-order chi connectivity index (χ0) is 21.7. The van der Waals surface area contributed by atoms with Crippen molar-refractivity contribution in [3.05, 3.63) is 0 Å². The van der Waals surface area contributed by atoms with E-state index in [1.54, 1.807) is 0 Å². The molecule has 1 saturated heterocycles. The summed E-state index contributed by atoms with van der Waals surface area (Å²) >= 11 is 0. The van der Waals surface area contributed by atoms with Gasteiger partial charge in [0, 0.05) is 0 Å². The number of ether oxygens (including phenoxy) is 3.